The summed E-state index contributed by atoms with van der Waals surface area (Å²) in [5.41, 5.74) is 12.1. The standard InChI is InChI=1S/C37H29NO2/c1-36(2)26-11-6-7-14-30(26)38-31-18-16-23(21-29(31)37(3,4)28-13-9-12-27(36)34(28)38)22-17-19-33-25(20-22)35(39)24-10-5-8-15-32(24)40-33/h5-21H,1-4H3. The predicted octanol–water partition coefficient (Wildman–Crippen LogP) is 9.36. The van der Waals surface area contributed by atoms with Crippen molar-refractivity contribution in [3.8, 4) is 11.1 Å². The van der Waals surface area contributed by atoms with Crippen LogP contribution in [-0.4, -0.2) is 0 Å². The topological polar surface area (TPSA) is 33.5 Å². The van der Waals surface area contributed by atoms with Gasteiger partial charge in [0.2, 0.25) is 5.43 Å². The predicted molar refractivity (Wildman–Crippen MR) is 164 cm³/mol. The molecule has 2 aliphatic heterocycles. The zero-order valence-electron chi connectivity index (χ0n) is 23.1. The van der Waals surface area contributed by atoms with Gasteiger partial charge in [-0.05, 0) is 75.8 Å². The largest absolute Gasteiger partial charge is 0.456 e. The molecule has 0 atom stereocenters. The van der Waals surface area contributed by atoms with Crippen LogP contribution in [0.25, 0.3) is 33.1 Å². The smallest absolute Gasteiger partial charge is 0.200 e. The fourth-order valence-corrected chi connectivity index (χ4v) is 7.05. The minimum atomic E-state index is -0.207. The van der Waals surface area contributed by atoms with Gasteiger partial charge in [0.25, 0.3) is 0 Å². The molecule has 3 heteroatoms. The summed E-state index contributed by atoms with van der Waals surface area (Å²) in [4.78, 5) is 15.8. The highest BCUT2D eigenvalue weighted by atomic mass is 16.3. The van der Waals surface area contributed by atoms with Crippen molar-refractivity contribution in [2.24, 2.45) is 0 Å². The van der Waals surface area contributed by atoms with Crippen LogP contribution >= 0.6 is 0 Å². The van der Waals surface area contributed by atoms with Gasteiger partial charge in [-0.2, -0.15) is 0 Å². The van der Waals surface area contributed by atoms with Gasteiger partial charge in [0, 0.05) is 10.8 Å². The molecular formula is C37H29NO2. The number of nitrogens with zero attached hydrogens (tertiary/aromatic N) is 1. The Bertz CT molecular complexity index is 2100. The SMILES string of the molecule is CC1(C)c2ccccc2N2c3ccc(-c4ccc5oc6ccccc6c(=O)c5c4)cc3C(C)(C)c3cccc1c32. The van der Waals surface area contributed by atoms with E-state index in [1.54, 1.807) is 0 Å². The summed E-state index contributed by atoms with van der Waals surface area (Å²) in [5, 5.41) is 1.22. The second-order valence-corrected chi connectivity index (χ2v) is 12.2. The maximum atomic E-state index is 13.4. The van der Waals surface area contributed by atoms with Gasteiger partial charge < -0.3 is 9.32 Å². The Morgan fingerprint density at radius 2 is 1.15 bits per heavy atom. The number of hydrogen-bond acceptors (Lipinski definition) is 3. The monoisotopic (exact) mass is 519 g/mol. The Morgan fingerprint density at radius 3 is 1.98 bits per heavy atom. The van der Waals surface area contributed by atoms with Crippen LogP contribution in [-0.2, 0) is 10.8 Å². The molecule has 40 heavy (non-hydrogen) atoms. The van der Waals surface area contributed by atoms with Crippen LogP contribution in [0.5, 0.6) is 0 Å². The van der Waals surface area contributed by atoms with E-state index in [2.05, 4.69) is 99.3 Å². The van der Waals surface area contributed by atoms with Gasteiger partial charge in [-0.15, -0.1) is 0 Å². The van der Waals surface area contributed by atoms with E-state index in [1.165, 1.54) is 39.3 Å². The highest BCUT2D eigenvalue weighted by Gasteiger charge is 2.45. The Hall–Kier alpha value is -4.63. The van der Waals surface area contributed by atoms with Gasteiger partial charge in [-0.1, -0.05) is 88.4 Å². The van der Waals surface area contributed by atoms with E-state index in [1.807, 2.05) is 36.4 Å². The van der Waals surface area contributed by atoms with Crippen molar-refractivity contribution in [1.29, 1.82) is 0 Å². The maximum absolute atomic E-state index is 13.4. The molecule has 0 radical (unpaired) electrons. The summed E-state index contributed by atoms with van der Waals surface area (Å²) in [6, 6.07) is 35.8. The van der Waals surface area contributed by atoms with Gasteiger partial charge in [-0.3, -0.25) is 4.79 Å². The van der Waals surface area contributed by atoms with Crippen LogP contribution in [0.3, 0.4) is 0 Å². The first-order valence-corrected chi connectivity index (χ1v) is 13.9. The first-order valence-electron chi connectivity index (χ1n) is 13.9. The first-order chi connectivity index (χ1) is 19.3. The Balaban J connectivity index is 1.36. The molecule has 0 spiro atoms. The first kappa shape index (κ1) is 23.3. The molecular weight excluding hydrogens is 490 g/mol. The van der Waals surface area contributed by atoms with E-state index in [-0.39, 0.29) is 16.3 Å². The quantitative estimate of drug-likeness (QED) is 0.203. The molecule has 0 unspecified atom stereocenters. The Labute approximate surface area is 233 Å². The molecule has 2 aliphatic rings. The molecule has 0 amide bonds. The van der Waals surface area contributed by atoms with Gasteiger partial charge in [0.1, 0.15) is 11.2 Å². The van der Waals surface area contributed by atoms with Crippen molar-refractivity contribution < 1.29 is 4.42 Å². The molecule has 194 valence electrons. The molecule has 3 nitrogen and oxygen atoms in total. The van der Waals surface area contributed by atoms with Gasteiger partial charge in [0.05, 0.1) is 27.8 Å². The lowest BCUT2D eigenvalue weighted by molar-refractivity contribution is 0.597. The summed E-state index contributed by atoms with van der Waals surface area (Å²) in [5.74, 6) is 0. The maximum Gasteiger partial charge on any atom is 0.200 e. The van der Waals surface area contributed by atoms with Crippen LogP contribution in [0.15, 0.2) is 112 Å². The third kappa shape index (κ3) is 2.92. The van der Waals surface area contributed by atoms with Crippen molar-refractivity contribution in [2.45, 2.75) is 38.5 Å². The molecule has 6 aromatic rings. The summed E-state index contributed by atoms with van der Waals surface area (Å²) in [6.45, 7) is 9.34. The third-order valence-corrected chi connectivity index (χ3v) is 9.24. The minimum absolute atomic E-state index is 0.00554. The van der Waals surface area contributed by atoms with Crippen LogP contribution in [0.1, 0.15) is 49.9 Å². The fraction of sp³-hybridized carbons (Fsp3) is 0.162. The number of benzene rings is 5. The molecule has 0 aliphatic carbocycles. The zero-order chi connectivity index (χ0) is 27.4. The molecule has 3 heterocycles. The van der Waals surface area contributed by atoms with Crippen LogP contribution < -0.4 is 10.3 Å². The average Bonchev–Trinajstić information content (AvgIpc) is 2.97. The lowest BCUT2D eigenvalue weighted by atomic mass is 9.66. The van der Waals surface area contributed by atoms with Crippen LogP contribution in [0.4, 0.5) is 17.1 Å². The molecule has 0 saturated heterocycles. The van der Waals surface area contributed by atoms with Crippen LogP contribution in [0, 0.1) is 0 Å². The van der Waals surface area contributed by atoms with E-state index in [0.717, 1.165) is 11.1 Å². The van der Waals surface area contributed by atoms with Gasteiger partial charge in [-0.25, -0.2) is 0 Å². The molecule has 0 saturated carbocycles. The molecule has 0 N–H and O–H groups in total. The van der Waals surface area contributed by atoms with Crippen molar-refractivity contribution in [3.05, 3.63) is 136 Å². The number of fused-ring (bicyclic) bond motifs is 6. The number of rotatable bonds is 1. The lowest BCUT2D eigenvalue weighted by Gasteiger charge is -2.49. The normalized spacial score (nSPS) is 15.9. The van der Waals surface area contributed by atoms with Crippen molar-refractivity contribution in [1.82, 2.24) is 0 Å². The summed E-state index contributed by atoms with van der Waals surface area (Å²) in [6.07, 6.45) is 0. The second-order valence-electron chi connectivity index (χ2n) is 12.2. The molecule has 0 fully saturated rings. The van der Waals surface area contributed by atoms with E-state index in [0.29, 0.717) is 21.9 Å². The van der Waals surface area contributed by atoms with E-state index < -0.39 is 0 Å². The zero-order valence-corrected chi connectivity index (χ0v) is 23.1. The lowest BCUT2D eigenvalue weighted by Crippen LogP contribution is -2.38. The fourth-order valence-electron chi connectivity index (χ4n) is 7.05. The van der Waals surface area contributed by atoms with Gasteiger partial charge in [0.15, 0.2) is 0 Å². The van der Waals surface area contributed by atoms with E-state index >= 15 is 0 Å². The van der Waals surface area contributed by atoms with Gasteiger partial charge >= 0.3 is 0 Å². The number of para-hydroxylation sites is 3. The van der Waals surface area contributed by atoms with E-state index in [4.69, 9.17) is 4.42 Å². The molecule has 0 bridgehead atoms. The summed E-state index contributed by atoms with van der Waals surface area (Å²) in [7, 11) is 0. The highest BCUT2D eigenvalue weighted by molar-refractivity contribution is 5.95. The van der Waals surface area contributed by atoms with E-state index in [9.17, 15) is 4.79 Å². The summed E-state index contributed by atoms with van der Waals surface area (Å²) >= 11 is 0. The van der Waals surface area contributed by atoms with Crippen molar-refractivity contribution in [2.75, 3.05) is 4.90 Å². The molecule has 1 aromatic heterocycles. The van der Waals surface area contributed by atoms with Crippen LogP contribution in [0.2, 0.25) is 0 Å². The molecule has 5 aromatic carbocycles. The number of hydrogen-bond donors (Lipinski definition) is 0. The minimum Gasteiger partial charge on any atom is -0.456 e. The highest BCUT2D eigenvalue weighted by Crippen LogP contribution is 2.60. The second kappa shape index (κ2) is 7.73. The average molecular weight is 520 g/mol. The summed E-state index contributed by atoms with van der Waals surface area (Å²) < 4.78 is 6.07. The number of anilines is 3. The van der Waals surface area contributed by atoms with Crippen molar-refractivity contribution in [3.63, 3.8) is 0 Å². The third-order valence-electron chi connectivity index (χ3n) is 9.24. The Kier molecular flexibility index (Phi) is 4.50. The Morgan fingerprint density at radius 1 is 0.550 bits per heavy atom. The molecule has 8 rings (SSSR count). The van der Waals surface area contributed by atoms with Crippen molar-refractivity contribution >= 4 is 39.0 Å².